The van der Waals surface area contributed by atoms with Gasteiger partial charge in [0, 0.05) is 17.3 Å². The number of nitrogens with one attached hydrogen (secondary N) is 1. The molecule has 0 bridgehead atoms. The van der Waals surface area contributed by atoms with Crippen LogP contribution in [0.2, 0.25) is 5.02 Å². The van der Waals surface area contributed by atoms with Crippen molar-refractivity contribution in [3.63, 3.8) is 0 Å². The first-order valence-corrected chi connectivity index (χ1v) is 8.48. The van der Waals surface area contributed by atoms with E-state index >= 15 is 0 Å². The Balaban J connectivity index is 1.50. The van der Waals surface area contributed by atoms with Gasteiger partial charge >= 0.3 is 5.97 Å². The Hall–Kier alpha value is -2.20. The molecule has 0 spiro atoms. The van der Waals surface area contributed by atoms with E-state index in [1.807, 2.05) is 24.3 Å². The third-order valence-corrected chi connectivity index (χ3v) is 3.87. The zero-order valence-corrected chi connectivity index (χ0v) is 14.3. The van der Waals surface area contributed by atoms with Gasteiger partial charge in [-0.05, 0) is 61.4 Å². The molecule has 0 aliphatic heterocycles. The highest BCUT2D eigenvalue weighted by molar-refractivity contribution is 6.30. The molecule has 0 radical (unpaired) electrons. The number of benzene rings is 2. The second kappa shape index (κ2) is 9.83. The molecular formula is C19H22ClNO3. The molecule has 0 saturated carbocycles. The molecule has 0 unspecified atom stereocenters. The normalized spacial score (nSPS) is 10.4. The number of carbonyl (C=O) groups is 1. The maximum absolute atomic E-state index is 10.8. The Morgan fingerprint density at radius 1 is 0.958 bits per heavy atom. The molecule has 0 aliphatic rings. The van der Waals surface area contributed by atoms with Gasteiger partial charge in [0.2, 0.25) is 0 Å². The van der Waals surface area contributed by atoms with Crippen molar-refractivity contribution >= 4 is 23.3 Å². The number of hydrogen-bond acceptors (Lipinski definition) is 3. The van der Waals surface area contributed by atoms with E-state index in [1.54, 1.807) is 24.3 Å². The van der Waals surface area contributed by atoms with Crippen LogP contribution in [0.4, 0.5) is 5.69 Å². The number of carboxylic acids is 1. The van der Waals surface area contributed by atoms with Crippen LogP contribution in [0.1, 0.15) is 36.0 Å². The van der Waals surface area contributed by atoms with E-state index in [4.69, 9.17) is 21.4 Å². The van der Waals surface area contributed by atoms with E-state index in [2.05, 4.69) is 5.32 Å². The van der Waals surface area contributed by atoms with E-state index in [0.717, 1.165) is 42.9 Å². The van der Waals surface area contributed by atoms with Crippen LogP contribution in [0, 0.1) is 0 Å². The van der Waals surface area contributed by atoms with Crippen molar-refractivity contribution in [3.8, 4) is 5.75 Å². The Bertz CT molecular complexity index is 626. The summed E-state index contributed by atoms with van der Waals surface area (Å²) in [7, 11) is 0. The van der Waals surface area contributed by atoms with E-state index < -0.39 is 5.97 Å². The lowest BCUT2D eigenvalue weighted by molar-refractivity contribution is 0.0697. The van der Waals surface area contributed by atoms with Gasteiger partial charge in [0.15, 0.2) is 0 Å². The Morgan fingerprint density at radius 2 is 1.62 bits per heavy atom. The van der Waals surface area contributed by atoms with Crippen LogP contribution in [0.5, 0.6) is 5.75 Å². The molecule has 2 aromatic rings. The summed E-state index contributed by atoms with van der Waals surface area (Å²) in [5.74, 6) is -0.210. The van der Waals surface area contributed by atoms with Gasteiger partial charge in [0.05, 0.1) is 12.2 Å². The van der Waals surface area contributed by atoms with E-state index in [-0.39, 0.29) is 5.56 Å². The Labute approximate surface area is 147 Å². The molecule has 4 nitrogen and oxygen atoms in total. The van der Waals surface area contributed by atoms with E-state index in [0.29, 0.717) is 12.4 Å². The first-order valence-electron chi connectivity index (χ1n) is 8.11. The molecule has 0 aliphatic carbocycles. The van der Waals surface area contributed by atoms with Gasteiger partial charge in [-0.15, -0.1) is 0 Å². The molecule has 5 heteroatoms. The molecule has 2 aromatic carbocycles. The van der Waals surface area contributed by atoms with Crippen LogP contribution in [0.15, 0.2) is 48.5 Å². The van der Waals surface area contributed by atoms with Gasteiger partial charge in [-0.1, -0.05) is 24.4 Å². The van der Waals surface area contributed by atoms with Gasteiger partial charge in [-0.25, -0.2) is 4.79 Å². The lowest BCUT2D eigenvalue weighted by Crippen LogP contribution is -2.02. The van der Waals surface area contributed by atoms with Gasteiger partial charge in [0.1, 0.15) is 5.75 Å². The lowest BCUT2D eigenvalue weighted by atomic mass is 10.2. The molecule has 0 amide bonds. The monoisotopic (exact) mass is 347 g/mol. The number of halogens is 1. The third-order valence-electron chi connectivity index (χ3n) is 3.61. The summed E-state index contributed by atoms with van der Waals surface area (Å²) in [5.41, 5.74) is 1.36. The van der Waals surface area contributed by atoms with Crippen molar-refractivity contribution in [2.75, 3.05) is 18.5 Å². The predicted octanol–water partition coefficient (Wildman–Crippen LogP) is 5.09. The van der Waals surface area contributed by atoms with Crippen molar-refractivity contribution in [2.24, 2.45) is 0 Å². The Kier molecular flexibility index (Phi) is 7.43. The average molecular weight is 348 g/mol. The topological polar surface area (TPSA) is 58.6 Å². The highest BCUT2D eigenvalue weighted by Gasteiger charge is 2.01. The third kappa shape index (κ3) is 6.50. The number of ether oxygens (including phenoxy) is 1. The molecule has 2 rings (SSSR count). The fourth-order valence-electron chi connectivity index (χ4n) is 2.26. The van der Waals surface area contributed by atoms with Gasteiger partial charge in [0.25, 0.3) is 0 Å². The van der Waals surface area contributed by atoms with E-state index in [1.165, 1.54) is 0 Å². The summed E-state index contributed by atoms with van der Waals surface area (Å²) < 4.78 is 5.61. The summed E-state index contributed by atoms with van der Waals surface area (Å²) in [5, 5.41) is 12.9. The first-order chi connectivity index (χ1) is 11.6. The minimum Gasteiger partial charge on any atom is -0.494 e. The molecule has 2 N–H and O–H groups in total. The number of unbranched alkanes of at least 4 members (excludes halogenated alkanes) is 3. The zero-order valence-electron chi connectivity index (χ0n) is 13.5. The number of aromatic carboxylic acids is 1. The van der Waals surface area contributed by atoms with Crippen LogP contribution in [0.3, 0.4) is 0 Å². The molecule has 128 valence electrons. The second-order valence-electron chi connectivity index (χ2n) is 5.53. The molecule has 0 heterocycles. The van der Waals surface area contributed by atoms with Gasteiger partial charge in [-0.2, -0.15) is 0 Å². The number of carboxylic acid groups (broad SMARTS) is 1. The first kappa shape index (κ1) is 18.1. The Morgan fingerprint density at radius 3 is 2.29 bits per heavy atom. The molecular weight excluding hydrogens is 326 g/mol. The SMILES string of the molecule is O=C(O)c1ccc(OCCCCCCNc2ccc(Cl)cc2)cc1. The molecule has 24 heavy (non-hydrogen) atoms. The van der Waals surface area contributed by atoms with Crippen molar-refractivity contribution in [2.45, 2.75) is 25.7 Å². The largest absolute Gasteiger partial charge is 0.494 e. The minimum absolute atomic E-state index is 0.274. The summed E-state index contributed by atoms with van der Waals surface area (Å²) in [6.07, 6.45) is 4.34. The maximum atomic E-state index is 10.8. The lowest BCUT2D eigenvalue weighted by Gasteiger charge is -2.08. The molecule has 0 aromatic heterocycles. The minimum atomic E-state index is -0.922. The van der Waals surface area contributed by atoms with Crippen LogP contribution in [0.25, 0.3) is 0 Å². The second-order valence-corrected chi connectivity index (χ2v) is 5.96. The summed E-state index contributed by atoms with van der Waals surface area (Å²) in [6.45, 7) is 1.59. The van der Waals surface area contributed by atoms with Gasteiger partial charge < -0.3 is 15.2 Å². The number of anilines is 1. The molecule has 0 atom stereocenters. The van der Waals surface area contributed by atoms with Crippen molar-refractivity contribution in [3.05, 3.63) is 59.1 Å². The van der Waals surface area contributed by atoms with E-state index in [9.17, 15) is 4.79 Å². The average Bonchev–Trinajstić information content (AvgIpc) is 2.59. The molecule has 0 fully saturated rings. The summed E-state index contributed by atoms with van der Waals surface area (Å²) >= 11 is 5.84. The highest BCUT2D eigenvalue weighted by atomic mass is 35.5. The molecule has 0 saturated heterocycles. The van der Waals surface area contributed by atoms with Crippen LogP contribution in [-0.2, 0) is 0 Å². The fourth-order valence-corrected chi connectivity index (χ4v) is 2.39. The fraction of sp³-hybridized carbons (Fsp3) is 0.316. The quantitative estimate of drug-likeness (QED) is 0.588. The van der Waals surface area contributed by atoms with Crippen LogP contribution < -0.4 is 10.1 Å². The standard InChI is InChI=1S/C19H22ClNO3/c20-16-7-9-17(10-8-16)21-13-3-1-2-4-14-24-18-11-5-15(6-12-18)19(22)23/h5-12,21H,1-4,13-14H2,(H,22,23). The van der Waals surface area contributed by atoms with Crippen molar-refractivity contribution in [1.82, 2.24) is 0 Å². The highest BCUT2D eigenvalue weighted by Crippen LogP contribution is 2.14. The van der Waals surface area contributed by atoms with Crippen molar-refractivity contribution in [1.29, 1.82) is 0 Å². The smallest absolute Gasteiger partial charge is 0.335 e. The summed E-state index contributed by atoms with van der Waals surface area (Å²) in [6, 6.07) is 14.2. The maximum Gasteiger partial charge on any atom is 0.335 e. The van der Waals surface area contributed by atoms with Crippen LogP contribution in [-0.4, -0.2) is 24.2 Å². The summed E-state index contributed by atoms with van der Waals surface area (Å²) in [4.78, 5) is 10.8. The van der Waals surface area contributed by atoms with Gasteiger partial charge in [-0.3, -0.25) is 0 Å². The zero-order chi connectivity index (χ0) is 17.2. The number of rotatable bonds is 10. The van der Waals surface area contributed by atoms with Crippen molar-refractivity contribution < 1.29 is 14.6 Å². The number of hydrogen-bond donors (Lipinski definition) is 2. The predicted molar refractivity (Wildman–Crippen MR) is 97.3 cm³/mol. The van der Waals surface area contributed by atoms with Crippen LogP contribution >= 0.6 is 11.6 Å².